The Morgan fingerprint density at radius 2 is 1.93 bits per heavy atom. The van der Waals surface area contributed by atoms with Crippen LogP contribution in [0.2, 0.25) is 0 Å². The topological polar surface area (TPSA) is 9.23 Å². The molecule has 1 aromatic carbocycles. The molecule has 1 saturated carbocycles. The molecule has 0 saturated heterocycles. The van der Waals surface area contributed by atoms with E-state index in [1.54, 1.807) is 0 Å². The zero-order valence-electron chi connectivity index (χ0n) is 8.37. The number of rotatable bonds is 3. The molecule has 0 aromatic heterocycles. The summed E-state index contributed by atoms with van der Waals surface area (Å²) in [5.41, 5.74) is 0. The highest BCUT2D eigenvalue weighted by Gasteiger charge is 2.25. The van der Waals surface area contributed by atoms with Crippen LogP contribution in [0.3, 0.4) is 0 Å². The summed E-state index contributed by atoms with van der Waals surface area (Å²) < 4.78 is 6.97. The minimum atomic E-state index is 0.796. The molecule has 1 fully saturated rings. The number of hydrogen-bond donors (Lipinski definition) is 0. The van der Waals surface area contributed by atoms with Crippen LogP contribution in [0.1, 0.15) is 19.8 Å². The van der Waals surface area contributed by atoms with Crippen molar-refractivity contribution in [3.63, 3.8) is 0 Å². The predicted octanol–water partition coefficient (Wildman–Crippen LogP) is 3.72. The van der Waals surface area contributed by atoms with E-state index >= 15 is 0 Å². The molecule has 0 aliphatic heterocycles. The fourth-order valence-electron chi connectivity index (χ4n) is 1.95. The molecule has 0 bridgehead atoms. The molecular weight excluding hydrogens is 287 g/mol. The van der Waals surface area contributed by atoms with Crippen LogP contribution in [-0.4, -0.2) is 6.61 Å². The van der Waals surface area contributed by atoms with Gasteiger partial charge in [0.15, 0.2) is 0 Å². The Labute approximate surface area is 99.0 Å². The quantitative estimate of drug-likeness (QED) is 0.773. The van der Waals surface area contributed by atoms with Gasteiger partial charge in [-0.25, -0.2) is 0 Å². The van der Waals surface area contributed by atoms with Crippen molar-refractivity contribution in [3.05, 3.63) is 27.8 Å². The normalized spacial score (nSPS) is 25.6. The van der Waals surface area contributed by atoms with Crippen molar-refractivity contribution < 1.29 is 4.74 Å². The second-order valence-electron chi connectivity index (χ2n) is 4.21. The summed E-state index contributed by atoms with van der Waals surface area (Å²) in [5.74, 6) is 2.72. The first kappa shape index (κ1) is 10.3. The van der Waals surface area contributed by atoms with E-state index in [1.807, 2.05) is 12.1 Å². The van der Waals surface area contributed by atoms with Crippen LogP contribution in [0, 0.1) is 15.4 Å². The molecule has 0 unspecified atom stereocenters. The predicted molar refractivity (Wildman–Crippen MR) is 66.5 cm³/mol. The van der Waals surface area contributed by atoms with E-state index in [0.29, 0.717) is 0 Å². The molecule has 0 heterocycles. The summed E-state index contributed by atoms with van der Waals surface area (Å²) in [6, 6.07) is 8.26. The Morgan fingerprint density at radius 3 is 2.50 bits per heavy atom. The number of hydrogen-bond acceptors (Lipinski definition) is 1. The van der Waals surface area contributed by atoms with Crippen LogP contribution in [-0.2, 0) is 0 Å². The molecule has 0 amide bonds. The van der Waals surface area contributed by atoms with E-state index in [4.69, 9.17) is 4.74 Å². The highest BCUT2D eigenvalue weighted by atomic mass is 127. The standard InChI is InChI=1S/C12H15IO/c1-9-6-10(7-9)8-14-12-4-2-11(13)3-5-12/h2-5,9-10H,6-8H2,1H3. The molecule has 2 rings (SSSR count). The molecule has 1 aliphatic carbocycles. The van der Waals surface area contributed by atoms with Crippen LogP contribution in [0.15, 0.2) is 24.3 Å². The van der Waals surface area contributed by atoms with E-state index < -0.39 is 0 Å². The summed E-state index contributed by atoms with van der Waals surface area (Å²) in [7, 11) is 0. The molecule has 0 atom stereocenters. The van der Waals surface area contributed by atoms with Gasteiger partial charge in [0, 0.05) is 3.57 Å². The summed E-state index contributed by atoms with van der Waals surface area (Å²) in [6.45, 7) is 3.20. The second kappa shape index (κ2) is 4.51. The van der Waals surface area contributed by atoms with Crippen molar-refractivity contribution in [2.24, 2.45) is 11.8 Å². The molecule has 0 spiro atoms. The Hall–Kier alpha value is -0.250. The van der Waals surface area contributed by atoms with Crippen molar-refractivity contribution in [1.29, 1.82) is 0 Å². The summed E-state index contributed by atoms with van der Waals surface area (Å²) in [6.07, 6.45) is 2.68. The van der Waals surface area contributed by atoms with Gasteiger partial charge in [-0.05, 0) is 71.5 Å². The smallest absolute Gasteiger partial charge is 0.119 e. The first-order valence-electron chi connectivity index (χ1n) is 5.12. The minimum Gasteiger partial charge on any atom is -0.493 e. The van der Waals surface area contributed by atoms with Crippen LogP contribution < -0.4 is 4.74 Å². The van der Waals surface area contributed by atoms with Gasteiger partial charge in [0.1, 0.15) is 5.75 Å². The van der Waals surface area contributed by atoms with Crippen molar-refractivity contribution in [1.82, 2.24) is 0 Å². The lowest BCUT2D eigenvalue weighted by molar-refractivity contribution is 0.131. The zero-order chi connectivity index (χ0) is 9.97. The van der Waals surface area contributed by atoms with Crippen LogP contribution in [0.4, 0.5) is 0 Å². The van der Waals surface area contributed by atoms with Crippen molar-refractivity contribution in [3.8, 4) is 5.75 Å². The van der Waals surface area contributed by atoms with Crippen molar-refractivity contribution >= 4 is 22.6 Å². The van der Waals surface area contributed by atoms with E-state index in [9.17, 15) is 0 Å². The maximum Gasteiger partial charge on any atom is 0.119 e. The van der Waals surface area contributed by atoms with Gasteiger partial charge < -0.3 is 4.74 Å². The molecule has 76 valence electrons. The van der Waals surface area contributed by atoms with Gasteiger partial charge in [0.25, 0.3) is 0 Å². The molecule has 0 radical (unpaired) electrons. The lowest BCUT2D eigenvalue weighted by atomic mass is 9.77. The van der Waals surface area contributed by atoms with Gasteiger partial charge in [-0.15, -0.1) is 0 Å². The summed E-state index contributed by atoms with van der Waals surface area (Å²) in [5, 5.41) is 0. The Balaban J connectivity index is 1.78. The number of ether oxygens (including phenoxy) is 1. The molecule has 0 N–H and O–H groups in total. The monoisotopic (exact) mass is 302 g/mol. The van der Waals surface area contributed by atoms with Crippen molar-refractivity contribution in [2.45, 2.75) is 19.8 Å². The molecule has 1 nitrogen and oxygen atoms in total. The van der Waals surface area contributed by atoms with Gasteiger partial charge >= 0.3 is 0 Å². The lowest BCUT2D eigenvalue weighted by Gasteiger charge is -2.32. The Kier molecular flexibility index (Phi) is 3.31. The average Bonchev–Trinajstić information content (AvgIpc) is 2.13. The van der Waals surface area contributed by atoms with Gasteiger partial charge in [-0.1, -0.05) is 6.92 Å². The van der Waals surface area contributed by atoms with Gasteiger partial charge in [0.2, 0.25) is 0 Å². The fourth-order valence-corrected chi connectivity index (χ4v) is 2.31. The summed E-state index contributed by atoms with van der Waals surface area (Å²) >= 11 is 2.30. The van der Waals surface area contributed by atoms with E-state index in [0.717, 1.165) is 24.2 Å². The maximum atomic E-state index is 5.71. The zero-order valence-corrected chi connectivity index (χ0v) is 10.5. The second-order valence-corrected chi connectivity index (χ2v) is 5.45. The third kappa shape index (κ3) is 2.62. The van der Waals surface area contributed by atoms with Gasteiger partial charge in [-0.2, -0.15) is 0 Å². The molecular formula is C12H15IO. The van der Waals surface area contributed by atoms with E-state index in [2.05, 4.69) is 41.6 Å². The first-order valence-corrected chi connectivity index (χ1v) is 6.20. The van der Waals surface area contributed by atoms with Crippen LogP contribution in [0.25, 0.3) is 0 Å². The lowest BCUT2D eigenvalue weighted by Crippen LogP contribution is -2.26. The summed E-state index contributed by atoms with van der Waals surface area (Å²) in [4.78, 5) is 0. The Bertz CT molecular complexity index is 288. The third-order valence-electron chi connectivity index (χ3n) is 2.77. The largest absolute Gasteiger partial charge is 0.493 e. The number of halogens is 1. The van der Waals surface area contributed by atoms with Gasteiger partial charge in [0.05, 0.1) is 6.61 Å². The van der Waals surface area contributed by atoms with E-state index in [-0.39, 0.29) is 0 Å². The third-order valence-corrected chi connectivity index (χ3v) is 3.49. The van der Waals surface area contributed by atoms with Crippen LogP contribution >= 0.6 is 22.6 Å². The highest BCUT2D eigenvalue weighted by molar-refractivity contribution is 14.1. The highest BCUT2D eigenvalue weighted by Crippen LogP contribution is 2.33. The molecule has 1 aromatic rings. The van der Waals surface area contributed by atoms with Crippen LogP contribution in [0.5, 0.6) is 5.75 Å². The van der Waals surface area contributed by atoms with Crippen molar-refractivity contribution in [2.75, 3.05) is 6.61 Å². The fraction of sp³-hybridized carbons (Fsp3) is 0.500. The minimum absolute atomic E-state index is 0.796. The van der Waals surface area contributed by atoms with E-state index in [1.165, 1.54) is 16.4 Å². The molecule has 2 heteroatoms. The number of benzene rings is 1. The average molecular weight is 302 g/mol. The SMILES string of the molecule is CC1CC(COc2ccc(I)cc2)C1. The maximum absolute atomic E-state index is 5.71. The van der Waals surface area contributed by atoms with Gasteiger partial charge in [-0.3, -0.25) is 0 Å². The Morgan fingerprint density at radius 1 is 1.29 bits per heavy atom. The molecule has 1 aliphatic rings. The molecule has 14 heavy (non-hydrogen) atoms. The first-order chi connectivity index (χ1) is 6.74.